The van der Waals surface area contributed by atoms with E-state index < -0.39 is 5.97 Å². The zero-order valence-electron chi connectivity index (χ0n) is 9.32. The maximum atomic E-state index is 11.2. The molecule has 0 saturated carbocycles. The SMILES string of the molecule is CC(CNC(=O)CSCC(=O)O)N(C)C. The fourth-order valence-electron chi connectivity index (χ4n) is 0.726. The number of amides is 1. The van der Waals surface area contributed by atoms with Crippen LogP contribution in [0, 0.1) is 0 Å². The maximum absolute atomic E-state index is 11.2. The molecule has 0 heterocycles. The first-order valence-corrected chi connectivity index (χ1v) is 5.81. The molecule has 0 aromatic heterocycles. The van der Waals surface area contributed by atoms with Crippen LogP contribution < -0.4 is 5.32 Å². The minimum absolute atomic E-state index is 0.0311. The summed E-state index contributed by atoms with van der Waals surface area (Å²) >= 11 is 1.10. The molecule has 0 aliphatic carbocycles. The van der Waals surface area contributed by atoms with Crippen LogP contribution in [0.25, 0.3) is 0 Å². The zero-order valence-corrected chi connectivity index (χ0v) is 10.1. The number of rotatable bonds is 7. The summed E-state index contributed by atoms with van der Waals surface area (Å²) in [5.41, 5.74) is 0. The molecule has 0 aromatic carbocycles. The Labute approximate surface area is 94.2 Å². The lowest BCUT2D eigenvalue weighted by Crippen LogP contribution is -2.38. The van der Waals surface area contributed by atoms with Crippen molar-refractivity contribution in [2.45, 2.75) is 13.0 Å². The van der Waals surface area contributed by atoms with Gasteiger partial charge in [-0.05, 0) is 21.0 Å². The summed E-state index contributed by atoms with van der Waals surface area (Å²) in [6.07, 6.45) is 0. The van der Waals surface area contributed by atoms with E-state index in [4.69, 9.17) is 5.11 Å². The normalized spacial score (nSPS) is 12.5. The van der Waals surface area contributed by atoms with Crippen molar-refractivity contribution in [3.63, 3.8) is 0 Å². The molecule has 15 heavy (non-hydrogen) atoms. The molecular formula is C9H18N2O3S. The summed E-state index contributed by atoms with van der Waals surface area (Å²) in [6, 6.07) is 0.276. The topological polar surface area (TPSA) is 69.6 Å². The second-order valence-electron chi connectivity index (χ2n) is 3.50. The van der Waals surface area contributed by atoms with Gasteiger partial charge in [0.05, 0.1) is 11.5 Å². The van der Waals surface area contributed by atoms with Gasteiger partial charge in [-0.3, -0.25) is 9.59 Å². The van der Waals surface area contributed by atoms with Gasteiger partial charge in [-0.2, -0.15) is 0 Å². The van der Waals surface area contributed by atoms with E-state index in [1.54, 1.807) is 0 Å². The van der Waals surface area contributed by atoms with E-state index in [9.17, 15) is 9.59 Å². The number of nitrogens with zero attached hydrogens (tertiary/aromatic N) is 1. The minimum atomic E-state index is -0.894. The van der Waals surface area contributed by atoms with Gasteiger partial charge in [-0.1, -0.05) is 0 Å². The van der Waals surface area contributed by atoms with Gasteiger partial charge in [0.15, 0.2) is 0 Å². The van der Waals surface area contributed by atoms with Crippen LogP contribution in [0.1, 0.15) is 6.92 Å². The highest BCUT2D eigenvalue weighted by molar-refractivity contribution is 8.00. The predicted molar refractivity (Wildman–Crippen MR) is 61.1 cm³/mol. The van der Waals surface area contributed by atoms with E-state index in [-0.39, 0.29) is 23.5 Å². The molecular weight excluding hydrogens is 216 g/mol. The molecule has 0 aliphatic rings. The second-order valence-corrected chi connectivity index (χ2v) is 4.49. The van der Waals surface area contributed by atoms with Crippen LogP contribution in [-0.2, 0) is 9.59 Å². The van der Waals surface area contributed by atoms with Crippen LogP contribution >= 0.6 is 11.8 Å². The van der Waals surface area contributed by atoms with Crippen LogP contribution in [0.4, 0.5) is 0 Å². The highest BCUT2D eigenvalue weighted by atomic mass is 32.2. The molecule has 0 saturated heterocycles. The quantitative estimate of drug-likeness (QED) is 0.642. The van der Waals surface area contributed by atoms with E-state index in [0.717, 1.165) is 11.8 Å². The Hall–Kier alpha value is -0.750. The highest BCUT2D eigenvalue weighted by Gasteiger charge is 2.07. The van der Waals surface area contributed by atoms with Gasteiger partial charge in [0, 0.05) is 12.6 Å². The fourth-order valence-corrected chi connectivity index (χ4v) is 1.29. The first kappa shape index (κ1) is 14.2. The zero-order chi connectivity index (χ0) is 11.8. The van der Waals surface area contributed by atoms with Crippen LogP contribution in [0.5, 0.6) is 0 Å². The number of hydrogen-bond acceptors (Lipinski definition) is 4. The average Bonchev–Trinajstić information content (AvgIpc) is 2.13. The summed E-state index contributed by atoms with van der Waals surface area (Å²) in [5.74, 6) is -0.840. The number of thioether (sulfide) groups is 1. The molecule has 0 rings (SSSR count). The highest BCUT2D eigenvalue weighted by Crippen LogP contribution is 1.98. The predicted octanol–water partition coefficient (Wildman–Crippen LogP) is -0.129. The molecule has 0 spiro atoms. The van der Waals surface area contributed by atoms with Gasteiger partial charge >= 0.3 is 5.97 Å². The molecule has 0 fully saturated rings. The lowest BCUT2D eigenvalue weighted by Gasteiger charge is -2.19. The lowest BCUT2D eigenvalue weighted by atomic mass is 10.3. The number of nitrogens with one attached hydrogen (secondary N) is 1. The van der Waals surface area contributed by atoms with E-state index in [1.807, 2.05) is 25.9 Å². The third-order valence-electron chi connectivity index (χ3n) is 1.93. The van der Waals surface area contributed by atoms with Crippen molar-refractivity contribution in [3.05, 3.63) is 0 Å². The third kappa shape index (κ3) is 8.26. The van der Waals surface area contributed by atoms with Crippen molar-refractivity contribution < 1.29 is 14.7 Å². The molecule has 1 atom stereocenters. The van der Waals surface area contributed by atoms with Crippen molar-refractivity contribution in [2.24, 2.45) is 0 Å². The number of carboxylic acids is 1. The summed E-state index contributed by atoms with van der Waals surface area (Å²) in [4.78, 5) is 23.4. The Balaban J connectivity index is 3.53. The standard InChI is InChI=1S/C9H18N2O3S/c1-7(11(2)3)4-10-8(12)5-15-6-9(13)14/h7H,4-6H2,1-3H3,(H,10,12)(H,13,14). The molecule has 0 aliphatic heterocycles. The first-order valence-electron chi connectivity index (χ1n) is 4.66. The number of carbonyl (C=O) groups excluding carboxylic acids is 1. The molecule has 1 unspecified atom stereocenters. The molecule has 88 valence electrons. The fraction of sp³-hybridized carbons (Fsp3) is 0.778. The van der Waals surface area contributed by atoms with Gasteiger partial charge in [0.25, 0.3) is 0 Å². The van der Waals surface area contributed by atoms with Gasteiger partial charge in [0.2, 0.25) is 5.91 Å². The van der Waals surface area contributed by atoms with E-state index >= 15 is 0 Å². The van der Waals surface area contributed by atoms with Crippen LogP contribution in [-0.4, -0.2) is 60.1 Å². The van der Waals surface area contributed by atoms with Crippen molar-refractivity contribution >= 4 is 23.6 Å². The Kier molecular flexibility index (Phi) is 7.15. The Morgan fingerprint density at radius 3 is 2.47 bits per heavy atom. The molecule has 0 bridgehead atoms. The van der Waals surface area contributed by atoms with Gasteiger partial charge in [0.1, 0.15) is 0 Å². The maximum Gasteiger partial charge on any atom is 0.313 e. The smallest absolute Gasteiger partial charge is 0.313 e. The Morgan fingerprint density at radius 2 is 2.00 bits per heavy atom. The minimum Gasteiger partial charge on any atom is -0.481 e. The van der Waals surface area contributed by atoms with Gasteiger partial charge < -0.3 is 15.3 Å². The number of aliphatic carboxylic acids is 1. The number of carboxylic acid groups (broad SMARTS) is 1. The van der Waals surface area contributed by atoms with E-state index in [0.29, 0.717) is 6.54 Å². The van der Waals surface area contributed by atoms with Gasteiger partial charge in [-0.15, -0.1) is 11.8 Å². The number of hydrogen-bond donors (Lipinski definition) is 2. The lowest BCUT2D eigenvalue weighted by molar-refractivity contribution is -0.133. The first-order chi connectivity index (χ1) is 6.93. The van der Waals surface area contributed by atoms with Crippen LogP contribution in [0.15, 0.2) is 0 Å². The van der Waals surface area contributed by atoms with Crippen molar-refractivity contribution in [2.75, 3.05) is 32.1 Å². The molecule has 0 aromatic rings. The van der Waals surface area contributed by atoms with Crippen molar-refractivity contribution in [3.8, 4) is 0 Å². The van der Waals surface area contributed by atoms with Crippen molar-refractivity contribution in [1.29, 1.82) is 0 Å². The van der Waals surface area contributed by atoms with Gasteiger partial charge in [-0.25, -0.2) is 0 Å². The molecule has 2 N–H and O–H groups in total. The largest absolute Gasteiger partial charge is 0.481 e. The third-order valence-corrected chi connectivity index (χ3v) is 2.85. The number of likely N-dealkylation sites (N-methyl/N-ethyl adjacent to an activating group) is 1. The summed E-state index contributed by atoms with van der Waals surface area (Å²) < 4.78 is 0. The van der Waals surface area contributed by atoms with E-state index in [1.165, 1.54) is 0 Å². The Morgan fingerprint density at radius 1 is 1.40 bits per heavy atom. The molecule has 1 amide bonds. The summed E-state index contributed by atoms with van der Waals surface area (Å²) in [7, 11) is 3.88. The molecule has 0 radical (unpaired) electrons. The van der Waals surface area contributed by atoms with Crippen LogP contribution in [0.2, 0.25) is 0 Å². The Bertz CT molecular complexity index is 221. The summed E-state index contributed by atoms with van der Waals surface area (Å²) in [6.45, 7) is 2.59. The summed E-state index contributed by atoms with van der Waals surface area (Å²) in [5, 5.41) is 11.1. The second kappa shape index (κ2) is 7.53. The monoisotopic (exact) mass is 234 g/mol. The molecule has 6 heteroatoms. The average molecular weight is 234 g/mol. The van der Waals surface area contributed by atoms with E-state index in [2.05, 4.69) is 5.32 Å². The number of carbonyl (C=O) groups is 2. The molecule has 5 nitrogen and oxygen atoms in total. The van der Waals surface area contributed by atoms with Crippen molar-refractivity contribution in [1.82, 2.24) is 10.2 Å². The van der Waals surface area contributed by atoms with Crippen LogP contribution in [0.3, 0.4) is 0 Å².